The molecule has 0 N–H and O–H groups in total. The maximum Gasteiger partial charge on any atom is -1.00 e. The molecule has 0 aliphatic rings. The Morgan fingerprint density at radius 1 is 0.824 bits per heavy atom. The number of rotatable bonds is 7. The molecule has 4 heteroatoms. The smallest absolute Gasteiger partial charge is 1.00 e. The summed E-state index contributed by atoms with van der Waals surface area (Å²) in [7, 11) is 0. The molecule has 0 nitrogen and oxygen atoms in total. The first-order chi connectivity index (χ1) is 15.4. The van der Waals surface area contributed by atoms with Gasteiger partial charge in [0, 0.05) is 0 Å². The van der Waals surface area contributed by atoms with Crippen LogP contribution in [0.15, 0.2) is 66.7 Å². The van der Waals surface area contributed by atoms with Crippen LogP contribution in [0.25, 0.3) is 32.7 Å². The van der Waals surface area contributed by atoms with Gasteiger partial charge in [-0.1, -0.05) is 106 Å². The van der Waals surface area contributed by atoms with Gasteiger partial charge in [-0.2, -0.15) is 6.07 Å². The molecule has 0 aliphatic heterocycles. The van der Waals surface area contributed by atoms with Gasteiger partial charge in [-0.05, 0) is 28.7 Å². The van der Waals surface area contributed by atoms with Crippen LogP contribution in [-0.4, -0.2) is 5.43 Å². The topological polar surface area (TPSA) is 0 Å². The fraction of sp³-hybridized carbons (Fsp3) is 0.367. The molecule has 0 fully saturated rings. The predicted molar refractivity (Wildman–Crippen MR) is 142 cm³/mol. The van der Waals surface area contributed by atoms with E-state index in [0.717, 1.165) is 0 Å². The third kappa shape index (κ3) is 8.41. The predicted octanol–water partition coefficient (Wildman–Crippen LogP) is 3.42. The molecule has 0 saturated carbocycles. The van der Waals surface area contributed by atoms with Crippen LogP contribution in [-0.2, 0) is 29.8 Å². The second-order valence-electron chi connectivity index (χ2n) is 9.43. The number of aryl methyl sites for hydroxylation is 1. The molecule has 0 unspecified atom stereocenters. The van der Waals surface area contributed by atoms with Crippen molar-refractivity contribution in [3.63, 3.8) is 0 Å². The number of hydrogen-bond donors (Lipinski definition) is 0. The van der Waals surface area contributed by atoms with Crippen LogP contribution in [0.5, 0.6) is 0 Å². The minimum absolute atomic E-state index is 0. The average molecular weight is 588 g/mol. The summed E-state index contributed by atoms with van der Waals surface area (Å²) in [5.74, 6) is 0.529. The fourth-order valence-corrected chi connectivity index (χ4v) is 4.32. The quantitative estimate of drug-likeness (QED) is 0.177. The molecule has 0 heterocycles. The summed E-state index contributed by atoms with van der Waals surface area (Å²) in [5.41, 5.74) is 5.88. The second-order valence-corrected chi connectivity index (χ2v) is 18.8. The minimum Gasteiger partial charge on any atom is -1.00 e. The number of hydrogen-bond acceptors (Lipinski definition) is 0. The van der Waals surface area contributed by atoms with Gasteiger partial charge in [-0.25, -0.2) is 0 Å². The maximum atomic E-state index is 2.45. The van der Waals surface area contributed by atoms with E-state index < -0.39 is 0 Å². The van der Waals surface area contributed by atoms with Crippen molar-refractivity contribution in [3.05, 3.63) is 77.9 Å². The third-order valence-electron chi connectivity index (χ3n) is 5.97. The third-order valence-corrected chi connectivity index (χ3v) is 5.97. The molecule has 0 atom stereocenters. The monoisotopic (exact) mass is 585 g/mol. The van der Waals surface area contributed by atoms with Crippen molar-refractivity contribution in [1.29, 1.82) is 0 Å². The van der Waals surface area contributed by atoms with Crippen LogP contribution in [0.3, 0.4) is 0 Å². The zero-order chi connectivity index (χ0) is 23.1. The van der Waals surface area contributed by atoms with Crippen molar-refractivity contribution in [3.8, 4) is 11.1 Å². The summed E-state index contributed by atoms with van der Waals surface area (Å²) in [6.45, 7) is 11.5. The Hall–Kier alpha value is -0.790. The largest absolute Gasteiger partial charge is 1.00 e. The van der Waals surface area contributed by atoms with Gasteiger partial charge in [0.1, 0.15) is 0 Å². The van der Waals surface area contributed by atoms with Gasteiger partial charge in [0.25, 0.3) is 0 Å². The van der Waals surface area contributed by atoms with E-state index in [-0.39, 0.29) is 30.2 Å². The van der Waals surface area contributed by atoms with E-state index >= 15 is 0 Å². The number of benzene rings is 3. The Labute approximate surface area is 234 Å². The van der Waals surface area contributed by atoms with Gasteiger partial charge in [-0.3, -0.25) is 0 Å². The standard InChI is InChI=1S/C28H31.C2H6Si.2ClH.Zr/c1-4-5-6-7-11-21-16-24-18-23(20(2)3)19-28(27(24)17-21)26-15-10-13-22-12-8-9-14-25(22)26;1-3-2;;;/h8-10,12-20H,4-7,11H2,1-3H3;1-2H3;2*1H;/q-1;;;;+2/p-2. The van der Waals surface area contributed by atoms with Crippen molar-refractivity contribution in [1.82, 2.24) is 0 Å². The van der Waals surface area contributed by atoms with Crippen LogP contribution in [0.1, 0.15) is 63.5 Å². The molecule has 0 saturated heterocycles. The first-order valence-electron chi connectivity index (χ1n) is 12.1. The van der Waals surface area contributed by atoms with Crippen molar-refractivity contribution in [2.75, 3.05) is 0 Å². The van der Waals surface area contributed by atoms with E-state index in [0.29, 0.717) is 5.92 Å². The van der Waals surface area contributed by atoms with Gasteiger partial charge >= 0.3 is 41.9 Å². The maximum absolute atomic E-state index is 2.45. The van der Waals surface area contributed by atoms with E-state index in [1.54, 1.807) is 23.3 Å². The molecule has 180 valence electrons. The van der Waals surface area contributed by atoms with Crippen molar-refractivity contribution in [2.24, 2.45) is 0 Å². The zero-order valence-electron chi connectivity index (χ0n) is 21.2. The number of unbranched alkanes of at least 4 members (excludes halogenated alkanes) is 3. The summed E-state index contributed by atoms with van der Waals surface area (Å²) in [5, 5.41) is 5.47. The van der Waals surface area contributed by atoms with E-state index in [4.69, 9.17) is 0 Å². The Bertz CT molecular complexity index is 1180. The summed E-state index contributed by atoms with van der Waals surface area (Å²) in [4.78, 5) is 0. The normalized spacial score (nSPS) is 10.5. The molecule has 34 heavy (non-hydrogen) atoms. The Morgan fingerprint density at radius 3 is 2.18 bits per heavy atom. The molecule has 0 aliphatic carbocycles. The zero-order valence-corrected chi connectivity index (χ0v) is 26.2. The van der Waals surface area contributed by atoms with E-state index in [1.807, 2.05) is 0 Å². The van der Waals surface area contributed by atoms with E-state index in [9.17, 15) is 0 Å². The van der Waals surface area contributed by atoms with Crippen LogP contribution < -0.4 is 24.8 Å². The Balaban J connectivity index is 0.000000895. The molecule has 0 aromatic heterocycles. The molecule has 0 bridgehead atoms. The summed E-state index contributed by atoms with van der Waals surface area (Å²) in [6, 6.07) is 25.2. The van der Waals surface area contributed by atoms with Gasteiger partial charge < -0.3 is 24.8 Å². The van der Waals surface area contributed by atoms with Crippen molar-refractivity contribution < 1.29 is 48.1 Å². The molecular weight excluding hydrogens is 551 g/mol. The van der Waals surface area contributed by atoms with Gasteiger partial charge in [0.05, 0.1) is 0 Å². The van der Waals surface area contributed by atoms with E-state index in [1.165, 1.54) is 75.9 Å². The number of fused-ring (bicyclic) bond motifs is 2. The molecule has 0 radical (unpaired) electrons. The minimum atomic E-state index is 0. The summed E-state index contributed by atoms with van der Waals surface area (Å²) in [6.07, 6.45) is 6.47. The SMILES string of the molecule is CCCCCCc1cc2c(-c3cccc4ccccc34)cc(C(C)C)cc2[cH-]1.C[Si](C)=[Zr+2].[Cl-].[Cl-]. The Morgan fingerprint density at radius 2 is 1.50 bits per heavy atom. The molecule has 4 rings (SSSR count). The fourth-order valence-electron chi connectivity index (χ4n) is 4.32. The second kappa shape index (κ2) is 15.4. The van der Waals surface area contributed by atoms with Gasteiger partial charge in [-0.15, -0.1) is 28.5 Å². The first-order valence-corrected chi connectivity index (χ1v) is 18.3. The van der Waals surface area contributed by atoms with Crippen molar-refractivity contribution in [2.45, 2.75) is 71.9 Å². The Kier molecular flexibility index (Phi) is 14.1. The van der Waals surface area contributed by atoms with Crippen molar-refractivity contribution >= 4 is 27.0 Å². The molecule has 4 aromatic rings. The molecule has 0 spiro atoms. The molecule has 0 amide bonds. The van der Waals surface area contributed by atoms with Crippen LogP contribution >= 0.6 is 0 Å². The summed E-state index contributed by atoms with van der Waals surface area (Å²) < 4.78 is 0. The van der Waals surface area contributed by atoms with E-state index in [2.05, 4.69) is 101 Å². The average Bonchev–Trinajstić information content (AvgIpc) is 3.18. The number of halogens is 2. The van der Waals surface area contributed by atoms with Crippen LogP contribution in [0, 0.1) is 0 Å². The molecular formula is C30H37Cl2SiZr-. The molecule has 4 aromatic carbocycles. The van der Waals surface area contributed by atoms with Crippen LogP contribution in [0.2, 0.25) is 13.1 Å². The van der Waals surface area contributed by atoms with Crippen LogP contribution in [0.4, 0.5) is 0 Å². The summed E-state index contributed by atoms with van der Waals surface area (Å²) >= 11 is 1.74. The van der Waals surface area contributed by atoms with Gasteiger partial charge in [0.2, 0.25) is 0 Å². The van der Waals surface area contributed by atoms with Gasteiger partial charge in [0.15, 0.2) is 0 Å². The first kappa shape index (κ1) is 31.2.